The third kappa shape index (κ3) is 3.53. The standard InChI is InChI=1S/C10H10Br2O/c11-6-2-1-3-8-4-5-9(12)7-10(8)13/h1,3-5,7,13H,2,6H2. The van der Waals surface area contributed by atoms with Crippen molar-refractivity contribution >= 4 is 37.9 Å². The Hall–Kier alpha value is -0.280. The largest absolute Gasteiger partial charge is 0.507 e. The highest BCUT2D eigenvalue weighted by Gasteiger charge is 1.96. The first-order chi connectivity index (χ1) is 6.24. The summed E-state index contributed by atoms with van der Waals surface area (Å²) in [5.41, 5.74) is 0.851. The minimum Gasteiger partial charge on any atom is -0.507 e. The first kappa shape index (κ1) is 10.8. The van der Waals surface area contributed by atoms with Crippen LogP contribution >= 0.6 is 31.9 Å². The van der Waals surface area contributed by atoms with Gasteiger partial charge < -0.3 is 5.11 Å². The predicted molar refractivity (Wildman–Crippen MR) is 63.3 cm³/mol. The van der Waals surface area contributed by atoms with Crippen molar-refractivity contribution in [2.45, 2.75) is 6.42 Å². The van der Waals surface area contributed by atoms with Gasteiger partial charge in [-0.15, -0.1) is 0 Å². The van der Waals surface area contributed by atoms with Gasteiger partial charge in [-0.2, -0.15) is 0 Å². The van der Waals surface area contributed by atoms with Gasteiger partial charge in [0.1, 0.15) is 5.75 Å². The normalized spacial score (nSPS) is 10.9. The molecule has 0 atom stereocenters. The highest BCUT2D eigenvalue weighted by molar-refractivity contribution is 9.10. The average molecular weight is 306 g/mol. The molecule has 3 heteroatoms. The number of halogens is 2. The Morgan fingerprint density at radius 2 is 2.15 bits per heavy atom. The van der Waals surface area contributed by atoms with E-state index in [-0.39, 0.29) is 0 Å². The van der Waals surface area contributed by atoms with Gasteiger partial charge in [0.15, 0.2) is 0 Å². The van der Waals surface area contributed by atoms with Crippen LogP contribution < -0.4 is 0 Å². The molecule has 1 aromatic rings. The summed E-state index contributed by atoms with van der Waals surface area (Å²) in [5.74, 6) is 0.306. The zero-order valence-electron chi connectivity index (χ0n) is 7.00. The molecule has 0 aliphatic carbocycles. The lowest BCUT2D eigenvalue weighted by atomic mass is 10.2. The summed E-state index contributed by atoms with van der Waals surface area (Å²) in [6.07, 6.45) is 4.91. The van der Waals surface area contributed by atoms with Gasteiger partial charge in [0.05, 0.1) is 0 Å². The van der Waals surface area contributed by atoms with E-state index in [2.05, 4.69) is 31.9 Å². The number of hydrogen-bond acceptors (Lipinski definition) is 1. The second-order valence-electron chi connectivity index (χ2n) is 2.58. The molecular formula is C10H10Br2O. The summed E-state index contributed by atoms with van der Waals surface area (Å²) in [5, 5.41) is 10.4. The molecule has 0 spiro atoms. The Morgan fingerprint density at radius 3 is 2.77 bits per heavy atom. The summed E-state index contributed by atoms with van der Waals surface area (Å²) in [7, 11) is 0. The smallest absolute Gasteiger partial charge is 0.123 e. The lowest BCUT2D eigenvalue weighted by Crippen LogP contribution is -1.75. The molecule has 1 rings (SSSR count). The van der Waals surface area contributed by atoms with Crippen molar-refractivity contribution < 1.29 is 5.11 Å². The van der Waals surface area contributed by atoms with Crippen molar-refractivity contribution in [2.24, 2.45) is 0 Å². The molecule has 13 heavy (non-hydrogen) atoms. The molecule has 1 nitrogen and oxygen atoms in total. The number of alkyl halides is 1. The number of allylic oxidation sites excluding steroid dienone is 1. The molecule has 0 amide bonds. The van der Waals surface area contributed by atoms with Crippen LogP contribution in [0.1, 0.15) is 12.0 Å². The molecule has 0 heterocycles. The Morgan fingerprint density at radius 1 is 1.38 bits per heavy atom. The molecule has 0 saturated heterocycles. The number of rotatable bonds is 3. The highest BCUT2D eigenvalue weighted by Crippen LogP contribution is 2.23. The summed E-state index contributed by atoms with van der Waals surface area (Å²) in [6, 6.07) is 5.48. The second-order valence-corrected chi connectivity index (χ2v) is 4.29. The molecule has 0 fully saturated rings. The number of phenols is 1. The van der Waals surface area contributed by atoms with E-state index in [0.29, 0.717) is 5.75 Å². The maximum Gasteiger partial charge on any atom is 0.123 e. The lowest BCUT2D eigenvalue weighted by Gasteiger charge is -1.98. The lowest BCUT2D eigenvalue weighted by molar-refractivity contribution is 0.473. The first-order valence-electron chi connectivity index (χ1n) is 3.95. The summed E-state index contributed by atoms with van der Waals surface area (Å²) >= 11 is 6.62. The SMILES string of the molecule is Oc1cc(Br)ccc1C=CCCBr. The maximum absolute atomic E-state index is 9.50. The van der Waals surface area contributed by atoms with Crippen LogP contribution in [0.3, 0.4) is 0 Å². The molecule has 0 radical (unpaired) electrons. The van der Waals surface area contributed by atoms with Gasteiger partial charge in [-0.1, -0.05) is 50.1 Å². The molecule has 0 saturated carbocycles. The first-order valence-corrected chi connectivity index (χ1v) is 5.86. The summed E-state index contributed by atoms with van der Waals surface area (Å²) < 4.78 is 0.891. The molecular weight excluding hydrogens is 296 g/mol. The van der Waals surface area contributed by atoms with Crippen LogP contribution in [0.25, 0.3) is 6.08 Å². The minimum absolute atomic E-state index is 0.306. The molecule has 0 unspecified atom stereocenters. The summed E-state index contributed by atoms with van der Waals surface area (Å²) in [6.45, 7) is 0. The second kappa shape index (κ2) is 5.45. The van der Waals surface area contributed by atoms with Gasteiger partial charge in [-0.05, 0) is 18.6 Å². The highest BCUT2D eigenvalue weighted by atomic mass is 79.9. The maximum atomic E-state index is 9.50. The van der Waals surface area contributed by atoms with Crippen LogP contribution in [0.5, 0.6) is 5.75 Å². The van der Waals surface area contributed by atoms with E-state index in [1.807, 2.05) is 24.3 Å². The molecule has 0 aliphatic heterocycles. The van der Waals surface area contributed by atoms with Gasteiger partial charge in [0, 0.05) is 15.4 Å². The van der Waals surface area contributed by atoms with E-state index in [1.165, 1.54) is 0 Å². The van der Waals surface area contributed by atoms with E-state index in [0.717, 1.165) is 21.8 Å². The molecule has 0 aliphatic rings. The van der Waals surface area contributed by atoms with Crippen LogP contribution in [-0.4, -0.2) is 10.4 Å². The van der Waals surface area contributed by atoms with Gasteiger partial charge in [-0.25, -0.2) is 0 Å². The Bertz CT molecular complexity index is 308. The van der Waals surface area contributed by atoms with Crippen molar-refractivity contribution in [1.82, 2.24) is 0 Å². The minimum atomic E-state index is 0.306. The number of aromatic hydroxyl groups is 1. The van der Waals surface area contributed by atoms with Crippen molar-refractivity contribution in [2.75, 3.05) is 5.33 Å². The van der Waals surface area contributed by atoms with Gasteiger partial charge in [-0.3, -0.25) is 0 Å². The van der Waals surface area contributed by atoms with Gasteiger partial charge >= 0.3 is 0 Å². The fourth-order valence-electron chi connectivity index (χ4n) is 0.931. The fraction of sp³-hybridized carbons (Fsp3) is 0.200. The molecule has 70 valence electrons. The average Bonchev–Trinajstić information content (AvgIpc) is 2.09. The number of hydrogen-bond donors (Lipinski definition) is 1. The zero-order valence-corrected chi connectivity index (χ0v) is 10.2. The van der Waals surface area contributed by atoms with E-state index >= 15 is 0 Å². The van der Waals surface area contributed by atoms with Crippen molar-refractivity contribution in [3.8, 4) is 5.75 Å². The summed E-state index contributed by atoms with van der Waals surface area (Å²) in [4.78, 5) is 0. The molecule has 1 aromatic carbocycles. The number of phenolic OH excluding ortho intramolecular Hbond substituents is 1. The fourth-order valence-corrected chi connectivity index (χ4v) is 1.54. The molecule has 0 aromatic heterocycles. The molecule has 0 bridgehead atoms. The van der Waals surface area contributed by atoms with Crippen LogP contribution in [0.4, 0.5) is 0 Å². The van der Waals surface area contributed by atoms with Crippen LogP contribution in [0.15, 0.2) is 28.7 Å². The third-order valence-corrected chi connectivity index (χ3v) is 2.52. The van der Waals surface area contributed by atoms with Crippen molar-refractivity contribution in [3.63, 3.8) is 0 Å². The number of benzene rings is 1. The van der Waals surface area contributed by atoms with Crippen LogP contribution in [0, 0.1) is 0 Å². The van der Waals surface area contributed by atoms with Crippen molar-refractivity contribution in [1.29, 1.82) is 0 Å². The van der Waals surface area contributed by atoms with E-state index in [9.17, 15) is 5.11 Å². The zero-order chi connectivity index (χ0) is 9.68. The van der Waals surface area contributed by atoms with E-state index < -0.39 is 0 Å². The van der Waals surface area contributed by atoms with Gasteiger partial charge in [0.2, 0.25) is 0 Å². The Kier molecular flexibility index (Phi) is 4.53. The van der Waals surface area contributed by atoms with Gasteiger partial charge in [0.25, 0.3) is 0 Å². The van der Waals surface area contributed by atoms with Crippen LogP contribution in [-0.2, 0) is 0 Å². The van der Waals surface area contributed by atoms with Crippen molar-refractivity contribution in [3.05, 3.63) is 34.3 Å². The van der Waals surface area contributed by atoms with E-state index in [1.54, 1.807) is 6.07 Å². The Labute approximate surface area is 94.7 Å². The monoisotopic (exact) mass is 304 g/mol. The third-order valence-electron chi connectivity index (χ3n) is 1.57. The Balaban J connectivity index is 2.77. The predicted octanol–water partition coefficient (Wildman–Crippen LogP) is 3.95. The molecule has 1 N–H and O–H groups in total. The topological polar surface area (TPSA) is 20.2 Å². The quantitative estimate of drug-likeness (QED) is 0.838. The van der Waals surface area contributed by atoms with Crippen LogP contribution in [0.2, 0.25) is 0 Å². The van der Waals surface area contributed by atoms with E-state index in [4.69, 9.17) is 0 Å².